The Balaban J connectivity index is 2.08. The van der Waals surface area contributed by atoms with Crippen molar-refractivity contribution in [1.82, 2.24) is 10.2 Å². The standard InChI is InChI=1S/C13H14N4O/c1-9-4-3-5-10(2)12(9)17-13(18)16-11-6-7-14-15-8-11/h3-8H,1-2H3,(H2,14,16,17,18). The molecule has 1 aromatic carbocycles. The van der Waals surface area contributed by atoms with Crippen molar-refractivity contribution in [2.24, 2.45) is 0 Å². The first kappa shape index (κ1) is 12.0. The maximum absolute atomic E-state index is 11.8. The van der Waals surface area contributed by atoms with E-state index in [4.69, 9.17) is 0 Å². The van der Waals surface area contributed by atoms with E-state index in [2.05, 4.69) is 20.8 Å². The fourth-order valence-electron chi connectivity index (χ4n) is 1.65. The number of urea groups is 1. The van der Waals surface area contributed by atoms with Gasteiger partial charge in [-0.1, -0.05) is 18.2 Å². The summed E-state index contributed by atoms with van der Waals surface area (Å²) in [6.07, 6.45) is 3.01. The summed E-state index contributed by atoms with van der Waals surface area (Å²) < 4.78 is 0. The van der Waals surface area contributed by atoms with Crippen LogP contribution in [-0.2, 0) is 0 Å². The average Bonchev–Trinajstić information content (AvgIpc) is 2.35. The molecule has 1 aromatic heterocycles. The number of aryl methyl sites for hydroxylation is 2. The Morgan fingerprint density at radius 1 is 1.06 bits per heavy atom. The van der Waals surface area contributed by atoms with Gasteiger partial charge in [-0.15, -0.1) is 0 Å². The molecular weight excluding hydrogens is 228 g/mol. The Morgan fingerprint density at radius 3 is 2.39 bits per heavy atom. The molecule has 0 spiro atoms. The second-order valence-electron chi connectivity index (χ2n) is 3.98. The summed E-state index contributed by atoms with van der Waals surface area (Å²) in [5, 5.41) is 12.9. The van der Waals surface area contributed by atoms with Gasteiger partial charge in [0.1, 0.15) is 0 Å². The number of amides is 2. The largest absolute Gasteiger partial charge is 0.323 e. The number of carbonyl (C=O) groups is 1. The van der Waals surface area contributed by atoms with Crippen LogP contribution in [-0.4, -0.2) is 16.2 Å². The maximum atomic E-state index is 11.8. The molecule has 0 saturated heterocycles. The summed E-state index contributed by atoms with van der Waals surface area (Å²) in [7, 11) is 0. The van der Waals surface area contributed by atoms with E-state index in [-0.39, 0.29) is 6.03 Å². The van der Waals surface area contributed by atoms with Crippen molar-refractivity contribution in [3.63, 3.8) is 0 Å². The third-order valence-electron chi connectivity index (χ3n) is 2.56. The van der Waals surface area contributed by atoms with Gasteiger partial charge in [-0.2, -0.15) is 10.2 Å². The lowest BCUT2D eigenvalue weighted by Crippen LogP contribution is -2.20. The SMILES string of the molecule is Cc1cccc(C)c1NC(=O)Nc1ccnnc1. The molecule has 0 unspecified atom stereocenters. The number of carbonyl (C=O) groups excluding carboxylic acids is 1. The van der Waals surface area contributed by atoms with Crippen LogP contribution in [0.1, 0.15) is 11.1 Å². The van der Waals surface area contributed by atoms with E-state index in [0.29, 0.717) is 5.69 Å². The molecule has 2 amide bonds. The van der Waals surface area contributed by atoms with E-state index in [0.717, 1.165) is 16.8 Å². The van der Waals surface area contributed by atoms with Gasteiger partial charge in [-0.3, -0.25) is 0 Å². The number of nitrogens with zero attached hydrogens (tertiary/aromatic N) is 2. The Morgan fingerprint density at radius 2 is 1.78 bits per heavy atom. The van der Waals surface area contributed by atoms with Crippen LogP contribution < -0.4 is 10.6 Å². The molecule has 5 heteroatoms. The fraction of sp³-hybridized carbons (Fsp3) is 0.154. The molecule has 1 heterocycles. The van der Waals surface area contributed by atoms with E-state index in [1.165, 1.54) is 12.4 Å². The predicted octanol–water partition coefficient (Wildman–Crippen LogP) is 2.74. The van der Waals surface area contributed by atoms with Crippen molar-refractivity contribution in [1.29, 1.82) is 0 Å². The minimum Gasteiger partial charge on any atom is -0.307 e. The summed E-state index contributed by atoms with van der Waals surface area (Å²) in [6.45, 7) is 3.91. The summed E-state index contributed by atoms with van der Waals surface area (Å²) in [5.41, 5.74) is 3.49. The summed E-state index contributed by atoms with van der Waals surface area (Å²) in [6, 6.07) is 7.26. The van der Waals surface area contributed by atoms with Crippen LogP contribution in [0.4, 0.5) is 16.2 Å². The second kappa shape index (κ2) is 5.27. The topological polar surface area (TPSA) is 66.9 Å². The van der Waals surface area contributed by atoms with Crippen LogP contribution in [0, 0.1) is 13.8 Å². The lowest BCUT2D eigenvalue weighted by atomic mass is 10.1. The van der Waals surface area contributed by atoms with Crippen LogP contribution in [0.25, 0.3) is 0 Å². The van der Waals surface area contributed by atoms with Gasteiger partial charge in [-0.05, 0) is 31.0 Å². The highest BCUT2D eigenvalue weighted by Gasteiger charge is 2.07. The number of aromatic nitrogens is 2. The first-order valence-electron chi connectivity index (χ1n) is 5.58. The van der Waals surface area contributed by atoms with Crippen molar-refractivity contribution in [2.75, 3.05) is 10.6 Å². The molecule has 0 fully saturated rings. The molecule has 2 N–H and O–H groups in total. The van der Waals surface area contributed by atoms with Gasteiger partial charge in [0.05, 0.1) is 18.1 Å². The molecule has 18 heavy (non-hydrogen) atoms. The number of nitrogens with one attached hydrogen (secondary N) is 2. The quantitative estimate of drug-likeness (QED) is 0.850. The lowest BCUT2D eigenvalue weighted by molar-refractivity contribution is 0.262. The summed E-state index contributed by atoms with van der Waals surface area (Å²) in [5.74, 6) is 0. The zero-order valence-electron chi connectivity index (χ0n) is 10.3. The third kappa shape index (κ3) is 2.82. The van der Waals surface area contributed by atoms with Gasteiger partial charge >= 0.3 is 6.03 Å². The molecule has 0 bridgehead atoms. The molecule has 0 radical (unpaired) electrons. The van der Waals surface area contributed by atoms with Crippen LogP contribution in [0.5, 0.6) is 0 Å². The molecule has 2 rings (SSSR count). The molecule has 92 valence electrons. The van der Waals surface area contributed by atoms with E-state index in [1.54, 1.807) is 6.07 Å². The van der Waals surface area contributed by atoms with E-state index in [1.807, 2.05) is 32.0 Å². The highest BCUT2D eigenvalue weighted by Crippen LogP contribution is 2.19. The number of rotatable bonds is 2. The molecule has 0 aliphatic rings. The molecule has 5 nitrogen and oxygen atoms in total. The first-order valence-corrected chi connectivity index (χ1v) is 5.58. The number of hydrogen-bond donors (Lipinski definition) is 2. The molecular formula is C13H14N4O. The van der Waals surface area contributed by atoms with Crippen molar-refractivity contribution in [3.05, 3.63) is 47.8 Å². The Hall–Kier alpha value is -2.43. The first-order chi connectivity index (χ1) is 8.66. The van der Waals surface area contributed by atoms with Crippen LogP contribution >= 0.6 is 0 Å². The number of para-hydroxylation sites is 1. The van der Waals surface area contributed by atoms with Gasteiger partial charge < -0.3 is 10.6 Å². The average molecular weight is 242 g/mol. The zero-order chi connectivity index (χ0) is 13.0. The number of benzene rings is 1. The Labute approximate surface area is 105 Å². The van der Waals surface area contributed by atoms with E-state index in [9.17, 15) is 4.79 Å². The second-order valence-corrected chi connectivity index (χ2v) is 3.98. The molecule has 0 aliphatic heterocycles. The fourth-order valence-corrected chi connectivity index (χ4v) is 1.65. The van der Waals surface area contributed by atoms with Gasteiger partial charge in [-0.25, -0.2) is 4.79 Å². The minimum absolute atomic E-state index is 0.291. The smallest absolute Gasteiger partial charge is 0.307 e. The molecule has 0 atom stereocenters. The zero-order valence-corrected chi connectivity index (χ0v) is 10.3. The number of anilines is 2. The van der Waals surface area contributed by atoms with Crippen molar-refractivity contribution < 1.29 is 4.79 Å². The van der Waals surface area contributed by atoms with Crippen molar-refractivity contribution in [2.45, 2.75) is 13.8 Å². The molecule has 2 aromatic rings. The van der Waals surface area contributed by atoms with Gasteiger partial charge in [0.25, 0.3) is 0 Å². The maximum Gasteiger partial charge on any atom is 0.323 e. The Bertz CT molecular complexity index is 534. The summed E-state index contributed by atoms with van der Waals surface area (Å²) >= 11 is 0. The number of hydrogen-bond acceptors (Lipinski definition) is 3. The monoisotopic (exact) mass is 242 g/mol. The molecule has 0 aliphatic carbocycles. The lowest BCUT2D eigenvalue weighted by Gasteiger charge is -2.12. The van der Waals surface area contributed by atoms with E-state index >= 15 is 0 Å². The molecule has 0 saturated carbocycles. The van der Waals surface area contributed by atoms with Crippen LogP contribution in [0.15, 0.2) is 36.7 Å². The van der Waals surface area contributed by atoms with Crippen molar-refractivity contribution >= 4 is 17.4 Å². The van der Waals surface area contributed by atoms with Crippen LogP contribution in [0.2, 0.25) is 0 Å². The van der Waals surface area contributed by atoms with Gasteiger partial charge in [0.2, 0.25) is 0 Å². The summed E-state index contributed by atoms with van der Waals surface area (Å²) in [4.78, 5) is 11.8. The van der Waals surface area contributed by atoms with Crippen molar-refractivity contribution in [3.8, 4) is 0 Å². The van der Waals surface area contributed by atoms with Gasteiger partial charge in [0, 0.05) is 5.69 Å². The van der Waals surface area contributed by atoms with E-state index < -0.39 is 0 Å². The highest BCUT2D eigenvalue weighted by molar-refractivity contribution is 6.00. The van der Waals surface area contributed by atoms with Gasteiger partial charge in [0.15, 0.2) is 0 Å². The van der Waals surface area contributed by atoms with Crippen LogP contribution in [0.3, 0.4) is 0 Å². The highest BCUT2D eigenvalue weighted by atomic mass is 16.2. The third-order valence-corrected chi connectivity index (χ3v) is 2.56. The predicted molar refractivity (Wildman–Crippen MR) is 70.6 cm³/mol. The Kier molecular flexibility index (Phi) is 3.52. The normalized spacial score (nSPS) is 9.89. The minimum atomic E-state index is -0.291.